The molecular formula is C21H16ClN3OS. The fraction of sp³-hybridized carbons (Fsp3) is 0.0952. The Kier molecular flexibility index (Phi) is 6.02. The highest BCUT2D eigenvalue weighted by Crippen LogP contribution is 2.23. The first-order valence-corrected chi connectivity index (χ1v) is 9.42. The molecule has 4 nitrogen and oxygen atoms in total. The van der Waals surface area contributed by atoms with Gasteiger partial charge in [0, 0.05) is 22.5 Å². The maximum absolute atomic E-state index is 12.4. The van der Waals surface area contributed by atoms with E-state index in [4.69, 9.17) is 11.6 Å². The third kappa shape index (κ3) is 5.04. The monoisotopic (exact) mass is 393 g/mol. The number of rotatable bonds is 5. The van der Waals surface area contributed by atoms with E-state index >= 15 is 0 Å². The van der Waals surface area contributed by atoms with Crippen LogP contribution in [0.1, 0.15) is 21.6 Å². The zero-order valence-electron chi connectivity index (χ0n) is 14.6. The van der Waals surface area contributed by atoms with Crippen molar-refractivity contribution < 1.29 is 4.79 Å². The van der Waals surface area contributed by atoms with Gasteiger partial charge in [-0.25, -0.2) is 4.98 Å². The topological polar surface area (TPSA) is 65.8 Å². The van der Waals surface area contributed by atoms with Gasteiger partial charge in [0.1, 0.15) is 11.6 Å². The van der Waals surface area contributed by atoms with Crippen molar-refractivity contribution in [1.29, 1.82) is 5.26 Å². The third-order valence-electron chi connectivity index (χ3n) is 3.81. The first-order chi connectivity index (χ1) is 13.0. The molecule has 0 saturated carbocycles. The Morgan fingerprint density at radius 1 is 1.30 bits per heavy atom. The van der Waals surface area contributed by atoms with Gasteiger partial charge in [-0.05, 0) is 30.2 Å². The van der Waals surface area contributed by atoms with Crippen LogP contribution in [0.2, 0.25) is 5.02 Å². The minimum Gasteiger partial charge on any atom is -0.297 e. The molecule has 0 aliphatic heterocycles. The van der Waals surface area contributed by atoms with Crippen LogP contribution in [0, 0.1) is 18.3 Å². The Morgan fingerprint density at radius 2 is 2.11 bits per heavy atom. The average Bonchev–Trinajstić information content (AvgIpc) is 3.07. The van der Waals surface area contributed by atoms with Gasteiger partial charge in [-0.3, -0.25) is 10.1 Å². The van der Waals surface area contributed by atoms with Crippen LogP contribution in [0.3, 0.4) is 0 Å². The molecule has 2 aromatic carbocycles. The summed E-state index contributed by atoms with van der Waals surface area (Å²) >= 11 is 7.48. The van der Waals surface area contributed by atoms with Gasteiger partial charge in [0.15, 0.2) is 5.13 Å². The van der Waals surface area contributed by atoms with E-state index < -0.39 is 5.91 Å². The fourth-order valence-corrected chi connectivity index (χ4v) is 3.56. The van der Waals surface area contributed by atoms with Crippen LogP contribution < -0.4 is 5.32 Å². The lowest BCUT2D eigenvalue weighted by molar-refractivity contribution is -0.112. The van der Waals surface area contributed by atoms with Crippen LogP contribution in [0.15, 0.2) is 60.3 Å². The predicted octanol–water partition coefficient (Wildman–Crippen LogP) is 5.24. The van der Waals surface area contributed by atoms with Gasteiger partial charge in [0.05, 0.1) is 0 Å². The maximum atomic E-state index is 12.4. The lowest BCUT2D eigenvalue weighted by Crippen LogP contribution is -2.13. The van der Waals surface area contributed by atoms with Crippen LogP contribution in [0.4, 0.5) is 5.13 Å². The van der Waals surface area contributed by atoms with Crippen molar-refractivity contribution in [3.05, 3.63) is 86.9 Å². The lowest BCUT2D eigenvalue weighted by Gasteiger charge is -2.02. The molecule has 0 spiro atoms. The van der Waals surface area contributed by atoms with Gasteiger partial charge in [0.2, 0.25) is 0 Å². The number of carbonyl (C=O) groups excluding carboxylic acids is 1. The Labute approximate surface area is 166 Å². The number of carbonyl (C=O) groups is 1. The summed E-state index contributed by atoms with van der Waals surface area (Å²) in [6.45, 7) is 2.05. The van der Waals surface area contributed by atoms with E-state index in [2.05, 4.69) is 35.4 Å². The molecule has 0 aliphatic carbocycles. The molecule has 0 fully saturated rings. The molecule has 27 heavy (non-hydrogen) atoms. The number of amides is 1. The lowest BCUT2D eigenvalue weighted by atomic mass is 10.1. The smallest absolute Gasteiger partial charge is 0.268 e. The Bertz CT molecular complexity index is 1050. The van der Waals surface area contributed by atoms with Crippen LogP contribution >= 0.6 is 22.9 Å². The third-order valence-corrected chi connectivity index (χ3v) is 5.06. The molecule has 6 heteroatoms. The van der Waals surface area contributed by atoms with Crippen molar-refractivity contribution in [2.45, 2.75) is 13.3 Å². The SMILES string of the molecule is Cc1cccc(Cc2cnc(NC(=O)C(C#N)=Cc3ccccc3Cl)s2)c1. The molecule has 1 aromatic heterocycles. The molecule has 0 atom stereocenters. The van der Waals surface area contributed by atoms with E-state index in [0.717, 1.165) is 11.3 Å². The van der Waals surface area contributed by atoms with Crippen LogP contribution in [0.25, 0.3) is 6.08 Å². The summed E-state index contributed by atoms with van der Waals surface area (Å²) in [4.78, 5) is 17.7. The fourth-order valence-electron chi connectivity index (χ4n) is 2.53. The first-order valence-electron chi connectivity index (χ1n) is 8.23. The number of halogens is 1. The van der Waals surface area contributed by atoms with Crippen LogP contribution in [-0.4, -0.2) is 10.9 Å². The summed E-state index contributed by atoms with van der Waals surface area (Å²) in [5.41, 5.74) is 2.98. The largest absolute Gasteiger partial charge is 0.297 e. The number of hydrogen-bond donors (Lipinski definition) is 1. The Hall–Kier alpha value is -2.94. The van der Waals surface area contributed by atoms with Gasteiger partial charge < -0.3 is 0 Å². The molecule has 3 rings (SSSR count). The number of nitriles is 1. The minimum absolute atomic E-state index is 0.0291. The Balaban J connectivity index is 1.71. The van der Waals surface area contributed by atoms with Crippen molar-refractivity contribution >= 4 is 40.1 Å². The highest BCUT2D eigenvalue weighted by atomic mass is 35.5. The average molecular weight is 394 g/mol. The van der Waals surface area contributed by atoms with Crippen molar-refractivity contribution in [1.82, 2.24) is 4.98 Å². The standard InChI is InChI=1S/C21H16ClN3OS/c1-14-5-4-6-15(9-14)10-18-13-24-21(27-18)25-20(26)17(12-23)11-16-7-2-3-8-19(16)22/h2-9,11,13H,10H2,1H3,(H,24,25,26). The number of anilines is 1. The summed E-state index contributed by atoms with van der Waals surface area (Å²) in [5.74, 6) is -0.506. The van der Waals surface area contributed by atoms with Crippen LogP contribution in [-0.2, 0) is 11.2 Å². The zero-order chi connectivity index (χ0) is 19.2. The quantitative estimate of drug-likeness (QED) is 0.476. The van der Waals surface area contributed by atoms with Crippen molar-refractivity contribution in [2.24, 2.45) is 0 Å². The summed E-state index contributed by atoms with van der Waals surface area (Å²) in [5, 5.41) is 12.9. The number of benzene rings is 2. The number of aromatic nitrogens is 1. The Morgan fingerprint density at radius 3 is 2.85 bits per heavy atom. The number of aryl methyl sites for hydroxylation is 1. The number of nitrogens with zero attached hydrogens (tertiary/aromatic N) is 2. The predicted molar refractivity (Wildman–Crippen MR) is 110 cm³/mol. The number of nitrogens with one attached hydrogen (secondary N) is 1. The normalized spacial score (nSPS) is 11.1. The van der Waals surface area contributed by atoms with Crippen LogP contribution in [0.5, 0.6) is 0 Å². The van der Waals surface area contributed by atoms with E-state index in [9.17, 15) is 10.1 Å². The summed E-state index contributed by atoms with van der Waals surface area (Å²) in [6, 6.07) is 17.2. The van der Waals surface area contributed by atoms with Gasteiger partial charge in [-0.2, -0.15) is 5.26 Å². The van der Waals surface area contributed by atoms with E-state index in [1.54, 1.807) is 30.5 Å². The molecular weight excluding hydrogens is 378 g/mol. The summed E-state index contributed by atoms with van der Waals surface area (Å²) in [6.07, 6.45) is 3.96. The van der Waals surface area contributed by atoms with Gasteiger partial charge in [-0.15, -0.1) is 11.3 Å². The molecule has 3 aromatic rings. The molecule has 134 valence electrons. The minimum atomic E-state index is -0.506. The first kappa shape index (κ1) is 18.8. The number of thiazole rings is 1. The van der Waals surface area contributed by atoms with Crippen molar-refractivity contribution in [3.8, 4) is 6.07 Å². The molecule has 0 unspecified atom stereocenters. The number of hydrogen-bond acceptors (Lipinski definition) is 4. The van der Waals surface area contributed by atoms with Gasteiger partial charge >= 0.3 is 0 Å². The molecule has 1 N–H and O–H groups in total. The maximum Gasteiger partial charge on any atom is 0.268 e. The second kappa shape index (κ2) is 8.63. The molecule has 0 saturated heterocycles. The van der Waals surface area contributed by atoms with Crippen molar-refractivity contribution in [2.75, 3.05) is 5.32 Å². The van der Waals surface area contributed by atoms with E-state index in [1.807, 2.05) is 12.1 Å². The van der Waals surface area contributed by atoms with E-state index in [0.29, 0.717) is 15.7 Å². The molecule has 0 radical (unpaired) electrons. The second-order valence-corrected chi connectivity index (χ2v) is 7.47. The molecule has 0 aliphatic rings. The highest BCUT2D eigenvalue weighted by molar-refractivity contribution is 7.15. The van der Waals surface area contributed by atoms with Crippen molar-refractivity contribution in [3.63, 3.8) is 0 Å². The highest BCUT2D eigenvalue weighted by Gasteiger charge is 2.13. The van der Waals surface area contributed by atoms with E-state index in [1.165, 1.54) is 28.5 Å². The zero-order valence-corrected chi connectivity index (χ0v) is 16.1. The van der Waals surface area contributed by atoms with E-state index in [-0.39, 0.29) is 5.57 Å². The summed E-state index contributed by atoms with van der Waals surface area (Å²) < 4.78 is 0. The molecule has 0 bridgehead atoms. The summed E-state index contributed by atoms with van der Waals surface area (Å²) in [7, 11) is 0. The molecule has 1 amide bonds. The molecule has 1 heterocycles. The van der Waals surface area contributed by atoms with Gasteiger partial charge in [0.25, 0.3) is 5.91 Å². The second-order valence-electron chi connectivity index (χ2n) is 5.94. The van der Waals surface area contributed by atoms with Gasteiger partial charge in [-0.1, -0.05) is 59.6 Å².